The first-order valence-electron chi connectivity index (χ1n) is 6.93. The molecule has 3 nitrogen and oxygen atoms in total. The van der Waals surface area contributed by atoms with Crippen LogP contribution in [0.15, 0.2) is 42.5 Å². The van der Waals surface area contributed by atoms with Crippen molar-refractivity contribution >= 4 is 5.78 Å². The van der Waals surface area contributed by atoms with E-state index in [1.54, 1.807) is 14.0 Å². The zero-order valence-corrected chi connectivity index (χ0v) is 12.8. The standard InChI is InChI=1S/C18H20O3/c1-12-5-8-15(9-6-12)18(19)14(3)21-16-10-7-13(2)11-17(16)20-4/h5-11,14H,1-4H3. The average molecular weight is 284 g/mol. The lowest BCUT2D eigenvalue weighted by Crippen LogP contribution is -2.24. The van der Waals surface area contributed by atoms with Crippen molar-refractivity contribution in [2.45, 2.75) is 26.9 Å². The van der Waals surface area contributed by atoms with Gasteiger partial charge in [-0.3, -0.25) is 4.79 Å². The monoisotopic (exact) mass is 284 g/mol. The summed E-state index contributed by atoms with van der Waals surface area (Å²) in [5, 5.41) is 0. The Morgan fingerprint density at radius 1 is 0.952 bits per heavy atom. The van der Waals surface area contributed by atoms with Gasteiger partial charge in [-0.05, 0) is 38.5 Å². The highest BCUT2D eigenvalue weighted by Crippen LogP contribution is 2.29. The molecule has 0 heterocycles. The van der Waals surface area contributed by atoms with E-state index < -0.39 is 6.10 Å². The van der Waals surface area contributed by atoms with Crippen molar-refractivity contribution in [2.24, 2.45) is 0 Å². The smallest absolute Gasteiger partial charge is 0.202 e. The number of hydrogen-bond acceptors (Lipinski definition) is 3. The summed E-state index contributed by atoms with van der Waals surface area (Å²) in [6.45, 7) is 5.72. The minimum atomic E-state index is -0.565. The summed E-state index contributed by atoms with van der Waals surface area (Å²) in [6.07, 6.45) is -0.565. The minimum absolute atomic E-state index is 0.0439. The molecule has 0 N–H and O–H groups in total. The molecule has 0 radical (unpaired) electrons. The number of ether oxygens (including phenoxy) is 2. The van der Waals surface area contributed by atoms with Gasteiger partial charge in [-0.2, -0.15) is 0 Å². The molecule has 0 aliphatic heterocycles. The summed E-state index contributed by atoms with van der Waals surface area (Å²) in [6, 6.07) is 13.1. The first kappa shape index (κ1) is 15.1. The number of carbonyl (C=O) groups excluding carboxylic acids is 1. The van der Waals surface area contributed by atoms with Crippen LogP contribution in [0.1, 0.15) is 28.4 Å². The fourth-order valence-electron chi connectivity index (χ4n) is 2.07. The third kappa shape index (κ3) is 3.63. The van der Waals surface area contributed by atoms with Crippen molar-refractivity contribution in [2.75, 3.05) is 7.11 Å². The van der Waals surface area contributed by atoms with E-state index in [-0.39, 0.29) is 5.78 Å². The van der Waals surface area contributed by atoms with Gasteiger partial charge >= 0.3 is 0 Å². The molecular formula is C18H20O3. The van der Waals surface area contributed by atoms with Gasteiger partial charge in [0.2, 0.25) is 5.78 Å². The summed E-state index contributed by atoms with van der Waals surface area (Å²) in [5.74, 6) is 1.17. The lowest BCUT2D eigenvalue weighted by atomic mass is 10.1. The Morgan fingerprint density at radius 3 is 2.19 bits per heavy atom. The summed E-state index contributed by atoms with van der Waals surface area (Å²) < 4.78 is 11.1. The second-order valence-electron chi connectivity index (χ2n) is 5.14. The third-order valence-corrected chi connectivity index (χ3v) is 3.33. The number of benzene rings is 2. The first-order chi connectivity index (χ1) is 10.0. The highest BCUT2D eigenvalue weighted by Gasteiger charge is 2.18. The zero-order chi connectivity index (χ0) is 15.4. The van der Waals surface area contributed by atoms with E-state index >= 15 is 0 Å². The Kier molecular flexibility index (Phi) is 4.63. The maximum atomic E-state index is 12.4. The fraction of sp³-hybridized carbons (Fsp3) is 0.278. The molecule has 1 atom stereocenters. The van der Waals surface area contributed by atoms with E-state index in [1.165, 1.54) is 0 Å². The summed E-state index contributed by atoms with van der Waals surface area (Å²) in [4.78, 5) is 12.4. The van der Waals surface area contributed by atoms with Crippen molar-refractivity contribution in [3.05, 3.63) is 59.2 Å². The molecule has 0 fully saturated rings. The number of ketones is 1. The van der Waals surface area contributed by atoms with Gasteiger partial charge in [0.1, 0.15) is 0 Å². The van der Waals surface area contributed by atoms with Crippen molar-refractivity contribution in [3.8, 4) is 11.5 Å². The zero-order valence-electron chi connectivity index (χ0n) is 12.8. The Labute approximate surface area is 125 Å². The van der Waals surface area contributed by atoms with Crippen molar-refractivity contribution in [1.29, 1.82) is 0 Å². The topological polar surface area (TPSA) is 35.5 Å². The molecule has 0 saturated carbocycles. The minimum Gasteiger partial charge on any atom is -0.493 e. The van der Waals surface area contributed by atoms with Crippen LogP contribution in [-0.4, -0.2) is 19.0 Å². The van der Waals surface area contributed by atoms with Crippen LogP contribution in [0.5, 0.6) is 11.5 Å². The second-order valence-corrected chi connectivity index (χ2v) is 5.14. The number of rotatable bonds is 5. The normalized spacial score (nSPS) is 11.8. The highest BCUT2D eigenvalue weighted by atomic mass is 16.5. The molecule has 0 aliphatic carbocycles. The number of Topliss-reactive ketones (excluding diaryl/α,β-unsaturated/α-hetero) is 1. The maximum absolute atomic E-state index is 12.4. The predicted octanol–water partition coefficient (Wildman–Crippen LogP) is 3.96. The van der Waals surface area contributed by atoms with E-state index in [9.17, 15) is 4.79 Å². The summed E-state index contributed by atoms with van der Waals surface area (Å²) in [5.41, 5.74) is 2.86. The number of aryl methyl sites for hydroxylation is 2. The van der Waals surface area contributed by atoms with Gasteiger partial charge in [0.25, 0.3) is 0 Å². The number of carbonyl (C=O) groups is 1. The molecule has 21 heavy (non-hydrogen) atoms. The first-order valence-corrected chi connectivity index (χ1v) is 6.93. The van der Waals surface area contributed by atoms with Gasteiger partial charge in [0.15, 0.2) is 17.6 Å². The third-order valence-electron chi connectivity index (χ3n) is 3.33. The van der Waals surface area contributed by atoms with Gasteiger partial charge in [-0.1, -0.05) is 35.9 Å². The Bertz CT molecular complexity index is 629. The van der Waals surface area contributed by atoms with Gasteiger partial charge in [-0.25, -0.2) is 0 Å². The molecule has 0 aromatic heterocycles. The van der Waals surface area contributed by atoms with E-state index in [0.29, 0.717) is 17.1 Å². The Morgan fingerprint density at radius 2 is 1.57 bits per heavy atom. The van der Waals surface area contributed by atoms with Crippen LogP contribution < -0.4 is 9.47 Å². The van der Waals surface area contributed by atoms with Crippen molar-refractivity contribution < 1.29 is 14.3 Å². The van der Waals surface area contributed by atoms with Crippen molar-refractivity contribution in [1.82, 2.24) is 0 Å². The molecule has 0 amide bonds. The predicted molar refractivity (Wildman–Crippen MR) is 83.3 cm³/mol. The second kappa shape index (κ2) is 6.44. The lowest BCUT2D eigenvalue weighted by molar-refractivity contribution is 0.0814. The fourth-order valence-corrected chi connectivity index (χ4v) is 2.07. The van der Waals surface area contributed by atoms with Gasteiger partial charge < -0.3 is 9.47 Å². The molecule has 0 saturated heterocycles. The SMILES string of the molecule is COc1cc(C)ccc1OC(C)C(=O)c1ccc(C)cc1. The van der Waals surface area contributed by atoms with E-state index in [4.69, 9.17) is 9.47 Å². The Hall–Kier alpha value is -2.29. The van der Waals surface area contributed by atoms with E-state index in [1.807, 2.05) is 56.3 Å². The van der Waals surface area contributed by atoms with E-state index in [2.05, 4.69) is 0 Å². The van der Waals surface area contributed by atoms with Gasteiger partial charge in [0.05, 0.1) is 7.11 Å². The van der Waals surface area contributed by atoms with Crippen LogP contribution in [0, 0.1) is 13.8 Å². The molecule has 0 aliphatic rings. The van der Waals surface area contributed by atoms with Crippen LogP contribution in [0.25, 0.3) is 0 Å². The van der Waals surface area contributed by atoms with Crippen molar-refractivity contribution in [3.63, 3.8) is 0 Å². The quantitative estimate of drug-likeness (QED) is 0.780. The highest BCUT2D eigenvalue weighted by molar-refractivity contribution is 5.99. The molecule has 2 aromatic carbocycles. The molecule has 2 aromatic rings. The van der Waals surface area contributed by atoms with E-state index in [0.717, 1.165) is 11.1 Å². The number of methoxy groups -OCH3 is 1. The summed E-state index contributed by atoms with van der Waals surface area (Å²) in [7, 11) is 1.59. The Balaban J connectivity index is 2.16. The van der Waals surface area contributed by atoms with Crippen LogP contribution in [0.4, 0.5) is 0 Å². The van der Waals surface area contributed by atoms with Crippen LogP contribution in [0.3, 0.4) is 0 Å². The van der Waals surface area contributed by atoms with Crippen LogP contribution >= 0.6 is 0 Å². The molecular weight excluding hydrogens is 264 g/mol. The summed E-state index contributed by atoms with van der Waals surface area (Å²) >= 11 is 0. The van der Waals surface area contributed by atoms with Gasteiger partial charge in [-0.15, -0.1) is 0 Å². The molecule has 1 unspecified atom stereocenters. The largest absolute Gasteiger partial charge is 0.493 e. The lowest BCUT2D eigenvalue weighted by Gasteiger charge is -2.16. The molecule has 2 rings (SSSR count). The molecule has 0 bridgehead atoms. The number of hydrogen-bond donors (Lipinski definition) is 0. The molecule has 3 heteroatoms. The van der Waals surface area contributed by atoms with Gasteiger partial charge in [0, 0.05) is 5.56 Å². The molecule has 0 spiro atoms. The van der Waals surface area contributed by atoms with Crippen LogP contribution in [-0.2, 0) is 0 Å². The van der Waals surface area contributed by atoms with Crippen LogP contribution in [0.2, 0.25) is 0 Å². The molecule has 110 valence electrons. The maximum Gasteiger partial charge on any atom is 0.202 e. The average Bonchev–Trinajstić information content (AvgIpc) is 2.49.